The number of aliphatic carboxylic acids is 1. The minimum Gasteiger partial charge on any atom is -0.478 e. The number of ether oxygens (including phenoxy) is 1. The molecule has 1 aromatic carbocycles. The summed E-state index contributed by atoms with van der Waals surface area (Å²) in [5.41, 5.74) is 0.462. The van der Waals surface area contributed by atoms with Crippen LogP contribution in [0.1, 0.15) is 24.8 Å². The lowest BCUT2D eigenvalue weighted by Gasteiger charge is -2.21. The molecule has 1 heterocycles. The molecule has 0 saturated carbocycles. The molecule has 6 heteroatoms. The minimum absolute atomic E-state index is 0.143. The number of carbonyl (C=O) groups is 2. The van der Waals surface area contributed by atoms with Gasteiger partial charge in [-0.25, -0.2) is 9.18 Å². The third-order valence-corrected chi connectivity index (χ3v) is 3.15. The summed E-state index contributed by atoms with van der Waals surface area (Å²) in [7, 11) is 0. The molecule has 1 aromatic rings. The Bertz CT molecular complexity index is 565. The highest BCUT2D eigenvalue weighted by molar-refractivity contribution is 5.94. The molecule has 0 aromatic heterocycles. The summed E-state index contributed by atoms with van der Waals surface area (Å²) in [6, 6.07) is 4.08. The molecule has 2 N–H and O–H groups in total. The molecule has 1 aliphatic heterocycles. The average Bonchev–Trinajstić information content (AvgIpc) is 2.47. The van der Waals surface area contributed by atoms with Crippen LogP contribution in [-0.4, -0.2) is 29.7 Å². The number of carbonyl (C=O) groups excluding carboxylic acids is 1. The van der Waals surface area contributed by atoms with Crippen molar-refractivity contribution in [3.8, 4) is 0 Å². The van der Waals surface area contributed by atoms with Gasteiger partial charge in [0.25, 0.3) is 5.91 Å². The van der Waals surface area contributed by atoms with Crippen LogP contribution in [0.2, 0.25) is 0 Å². The molecule has 0 bridgehead atoms. The maximum atomic E-state index is 13.8. The maximum absolute atomic E-state index is 13.8. The van der Waals surface area contributed by atoms with Gasteiger partial charge in [0.15, 0.2) is 0 Å². The summed E-state index contributed by atoms with van der Waals surface area (Å²) < 4.78 is 19.1. The number of rotatable bonds is 4. The third-order valence-electron chi connectivity index (χ3n) is 3.15. The fraction of sp³-hybridized carbons (Fsp3) is 0.333. The van der Waals surface area contributed by atoms with E-state index in [0.29, 0.717) is 18.7 Å². The highest BCUT2D eigenvalue weighted by atomic mass is 19.1. The summed E-state index contributed by atoms with van der Waals surface area (Å²) in [4.78, 5) is 22.3. The summed E-state index contributed by atoms with van der Waals surface area (Å²) in [6.07, 6.45) is 4.07. The molecule has 0 aliphatic carbocycles. The van der Waals surface area contributed by atoms with Crippen molar-refractivity contribution in [3.63, 3.8) is 0 Å². The Labute approximate surface area is 121 Å². The summed E-state index contributed by atoms with van der Waals surface area (Å²) >= 11 is 0. The van der Waals surface area contributed by atoms with Crippen molar-refractivity contribution in [2.45, 2.75) is 25.4 Å². The van der Waals surface area contributed by atoms with Crippen molar-refractivity contribution in [1.82, 2.24) is 0 Å². The summed E-state index contributed by atoms with van der Waals surface area (Å²) in [5.74, 6) is -2.04. The van der Waals surface area contributed by atoms with Crippen molar-refractivity contribution in [2.75, 3.05) is 11.9 Å². The summed E-state index contributed by atoms with van der Waals surface area (Å²) in [6.45, 7) is 0.561. The number of carboxylic acids is 1. The van der Waals surface area contributed by atoms with Crippen LogP contribution in [0.25, 0.3) is 6.08 Å². The maximum Gasteiger partial charge on any atom is 0.328 e. The number of hydrogen-bond donors (Lipinski definition) is 2. The molecule has 0 radical (unpaired) electrons. The predicted octanol–water partition coefficient (Wildman–Crippen LogP) is 2.43. The zero-order valence-electron chi connectivity index (χ0n) is 11.3. The van der Waals surface area contributed by atoms with E-state index < -0.39 is 17.9 Å². The van der Waals surface area contributed by atoms with Crippen LogP contribution in [0.5, 0.6) is 0 Å². The normalized spacial score (nSPS) is 18.6. The van der Waals surface area contributed by atoms with Crippen LogP contribution in [-0.2, 0) is 14.3 Å². The monoisotopic (exact) mass is 293 g/mol. The number of halogens is 1. The first-order chi connectivity index (χ1) is 10.1. The lowest BCUT2D eigenvalue weighted by molar-refractivity contribution is -0.131. The van der Waals surface area contributed by atoms with Gasteiger partial charge in [-0.15, -0.1) is 0 Å². The predicted molar refractivity (Wildman–Crippen MR) is 75.3 cm³/mol. The number of anilines is 1. The Hall–Kier alpha value is -2.21. The van der Waals surface area contributed by atoms with Gasteiger partial charge >= 0.3 is 5.97 Å². The molecule has 1 saturated heterocycles. The lowest BCUT2D eigenvalue weighted by atomic mass is 10.1. The largest absolute Gasteiger partial charge is 0.478 e. The molecule has 1 fully saturated rings. The number of hydrogen-bond acceptors (Lipinski definition) is 3. The van der Waals surface area contributed by atoms with Crippen LogP contribution in [0.4, 0.5) is 10.1 Å². The Morgan fingerprint density at radius 3 is 2.81 bits per heavy atom. The molecule has 1 amide bonds. The molecular weight excluding hydrogens is 277 g/mol. The number of nitrogens with one attached hydrogen (secondary N) is 1. The smallest absolute Gasteiger partial charge is 0.328 e. The van der Waals surface area contributed by atoms with Crippen LogP contribution in [0.3, 0.4) is 0 Å². The fourth-order valence-electron chi connectivity index (χ4n) is 2.07. The second-order valence-electron chi connectivity index (χ2n) is 4.75. The van der Waals surface area contributed by atoms with Gasteiger partial charge in [0.1, 0.15) is 11.9 Å². The van der Waals surface area contributed by atoms with Crippen molar-refractivity contribution in [1.29, 1.82) is 0 Å². The van der Waals surface area contributed by atoms with E-state index in [1.165, 1.54) is 12.1 Å². The molecule has 2 rings (SSSR count). The molecular formula is C15H16FNO4. The molecule has 5 nitrogen and oxygen atoms in total. The molecule has 21 heavy (non-hydrogen) atoms. The lowest BCUT2D eigenvalue weighted by Crippen LogP contribution is -2.33. The van der Waals surface area contributed by atoms with E-state index in [2.05, 4.69) is 5.32 Å². The fourth-order valence-corrected chi connectivity index (χ4v) is 2.07. The van der Waals surface area contributed by atoms with Gasteiger partial charge in [0, 0.05) is 23.9 Å². The van der Waals surface area contributed by atoms with Crippen LogP contribution in [0.15, 0.2) is 24.3 Å². The van der Waals surface area contributed by atoms with E-state index in [9.17, 15) is 14.0 Å². The van der Waals surface area contributed by atoms with Gasteiger partial charge in [0.2, 0.25) is 0 Å². The summed E-state index contributed by atoms with van der Waals surface area (Å²) in [5, 5.41) is 11.1. The molecule has 0 spiro atoms. The van der Waals surface area contributed by atoms with Crippen LogP contribution in [0, 0.1) is 5.82 Å². The van der Waals surface area contributed by atoms with Crippen LogP contribution < -0.4 is 5.32 Å². The average molecular weight is 293 g/mol. The van der Waals surface area contributed by atoms with Crippen molar-refractivity contribution in [3.05, 3.63) is 35.7 Å². The Balaban J connectivity index is 2.02. The Morgan fingerprint density at radius 2 is 2.19 bits per heavy atom. The highest BCUT2D eigenvalue weighted by Crippen LogP contribution is 2.18. The van der Waals surface area contributed by atoms with Gasteiger partial charge in [-0.1, -0.05) is 0 Å². The Kier molecular flexibility index (Phi) is 5.05. The van der Waals surface area contributed by atoms with E-state index in [-0.39, 0.29) is 11.5 Å². The quantitative estimate of drug-likeness (QED) is 0.836. The second-order valence-corrected chi connectivity index (χ2v) is 4.75. The van der Waals surface area contributed by atoms with Crippen molar-refractivity contribution in [2.24, 2.45) is 0 Å². The minimum atomic E-state index is -1.15. The first-order valence-corrected chi connectivity index (χ1v) is 6.69. The van der Waals surface area contributed by atoms with Crippen molar-refractivity contribution >= 4 is 23.6 Å². The van der Waals surface area contributed by atoms with Gasteiger partial charge in [-0.3, -0.25) is 4.79 Å². The SMILES string of the molecule is O=C(O)C=Cc1ccc(NC(=O)C2CCCCO2)cc1F. The topological polar surface area (TPSA) is 75.6 Å². The van der Waals surface area contributed by atoms with Gasteiger partial charge in [-0.2, -0.15) is 0 Å². The van der Waals surface area contributed by atoms with Gasteiger partial charge < -0.3 is 15.2 Å². The van der Waals surface area contributed by atoms with E-state index in [1.807, 2.05) is 0 Å². The molecule has 1 atom stereocenters. The third kappa shape index (κ3) is 4.39. The first kappa shape index (κ1) is 15.2. The van der Waals surface area contributed by atoms with E-state index in [0.717, 1.165) is 31.1 Å². The van der Waals surface area contributed by atoms with E-state index in [1.54, 1.807) is 0 Å². The molecule has 112 valence electrons. The van der Waals surface area contributed by atoms with Gasteiger partial charge in [-0.05, 0) is 43.5 Å². The number of carboxylic acid groups (broad SMARTS) is 1. The van der Waals surface area contributed by atoms with Crippen LogP contribution >= 0.6 is 0 Å². The standard InChI is InChI=1S/C15H16FNO4/c16-12-9-11(6-4-10(12)5-7-14(18)19)17-15(20)13-3-1-2-8-21-13/h4-7,9,13H,1-3,8H2,(H,17,20)(H,18,19). The molecule has 1 aliphatic rings. The second kappa shape index (κ2) is 6.99. The zero-order valence-corrected chi connectivity index (χ0v) is 11.3. The number of benzene rings is 1. The first-order valence-electron chi connectivity index (χ1n) is 6.69. The van der Waals surface area contributed by atoms with Crippen molar-refractivity contribution < 1.29 is 23.8 Å². The highest BCUT2D eigenvalue weighted by Gasteiger charge is 2.22. The molecule has 1 unspecified atom stereocenters. The number of amides is 1. The van der Waals surface area contributed by atoms with E-state index in [4.69, 9.17) is 9.84 Å². The Morgan fingerprint density at radius 1 is 1.38 bits per heavy atom. The zero-order chi connectivity index (χ0) is 15.2. The van der Waals surface area contributed by atoms with E-state index >= 15 is 0 Å². The van der Waals surface area contributed by atoms with Gasteiger partial charge in [0.05, 0.1) is 0 Å².